The van der Waals surface area contributed by atoms with E-state index < -0.39 is 0 Å². The number of hydrogen-bond acceptors (Lipinski definition) is 3. The predicted octanol–water partition coefficient (Wildman–Crippen LogP) is 2.06. The largest absolute Gasteiger partial charge is 0.381 e. The molecule has 1 rings (SSSR count). The molecule has 0 aromatic heterocycles. The van der Waals surface area contributed by atoms with Crippen LogP contribution in [0.1, 0.15) is 34.1 Å². The van der Waals surface area contributed by atoms with Gasteiger partial charge in [-0.1, -0.05) is 27.7 Å². The minimum absolute atomic E-state index is 0.257. The van der Waals surface area contributed by atoms with Crippen LogP contribution in [0, 0.1) is 11.3 Å². The van der Waals surface area contributed by atoms with E-state index in [1.807, 2.05) is 0 Å². The summed E-state index contributed by atoms with van der Waals surface area (Å²) in [6.07, 6.45) is 1.52. The van der Waals surface area contributed by atoms with Gasteiger partial charge in [0.25, 0.3) is 0 Å². The van der Waals surface area contributed by atoms with E-state index in [4.69, 9.17) is 9.47 Å². The van der Waals surface area contributed by atoms with Gasteiger partial charge in [-0.2, -0.15) is 0 Å². The lowest BCUT2D eigenvalue weighted by Crippen LogP contribution is -2.61. The second-order valence-electron chi connectivity index (χ2n) is 5.76. The van der Waals surface area contributed by atoms with E-state index in [0.29, 0.717) is 18.1 Å². The predicted molar refractivity (Wildman–Crippen MR) is 66.6 cm³/mol. The molecule has 1 aliphatic rings. The van der Waals surface area contributed by atoms with Crippen LogP contribution >= 0.6 is 0 Å². The Morgan fingerprint density at radius 2 is 2.06 bits per heavy atom. The summed E-state index contributed by atoms with van der Waals surface area (Å²) in [5.74, 6) is 0.623. The molecule has 0 aromatic rings. The van der Waals surface area contributed by atoms with Crippen LogP contribution in [0.15, 0.2) is 0 Å². The van der Waals surface area contributed by atoms with Crippen molar-refractivity contribution in [3.63, 3.8) is 0 Å². The molecule has 0 aromatic carbocycles. The summed E-state index contributed by atoms with van der Waals surface area (Å²) in [4.78, 5) is 0. The van der Waals surface area contributed by atoms with Gasteiger partial charge in [0.1, 0.15) is 0 Å². The third-order valence-corrected chi connectivity index (χ3v) is 3.55. The third kappa shape index (κ3) is 3.44. The van der Waals surface area contributed by atoms with E-state index in [1.54, 1.807) is 7.11 Å². The first-order valence-corrected chi connectivity index (χ1v) is 6.32. The Morgan fingerprint density at radius 1 is 1.38 bits per heavy atom. The van der Waals surface area contributed by atoms with Crippen molar-refractivity contribution < 1.29 is 9.47 Å². The Balaban J connectivity index is 2.07. The summed E-state index contributed by atoms with van der Waals surface area (Å²) < 4.78 is 11.0. The molecule has 0 spiro atoms. The lowest BCUT2D eigenvalue weighted by Gasteiger charge is -2.51. The van der Waals surface area contributed by atoms with Gasteiger partial charge in [-0.05, 0) is 12.3 Å². The zero-order valence-corrected chi connectivity index (χ0v) is 11.4. The van der Waals surface area contributed by atoms with Gasteiger partial charge in [-0.25, -0.2) is 0 Å². The zero-order valence-electron chi connectivity index (χ0n) is 11.4. The molecule has 1 fully saturated rings. The molecular weight excluding hydrogens is 202 g/mol. The second-order valence-corrected chi connectivity index (χ2v) is 5.76. The minimum atomic E-state index is 0.257. The van der Waals surface area contributed by atoms with Crippen molar-refractivity contribution >= 4 is 0 Å². The van der Waals surface area contributed by atoms with Crippen LogP contribution in [-0.4, -0.2) is 39.0 Å². The molecule has 0 radical (unpaired) electrons. The first-order valence-electron chi connectivity index (χ1n) is 6.32. The molecule has 0 heterocycles. The van der Waals surface area contributed by atoms with E-state index in [2.05, 4.69) is 33.0 Å². The Bertz CT molecular complexity index is 204. The van der Waals surface area contributed by atoms with Crippen molar-refractivity contribution in [1.82, 2.24) is 5.32 Å². The fourth-order valence-corrected chi connectivity index (χ4v) is 2.26. The highest BCUT2D eigenvalue weighted by molar-refractivity contribution is 5.02. The van der Waals surface area contributed by atoms with Gasteiger partial charge < -0.3 is 14.8 Å². The molecule has 16 heavy (non-hydrogen) atoms. The van der Waals surface area contributed by atoms with E-state index in [-0.39, 0.29) is 5.41 Å². The highest BCUT2D eigenvalue weighted by atomic mass is 16.5. The van der Waals surface area contributed by atoms with Crippen molar-refractivity contribution in [2.45, 2.75) is 46.3 Å². The van der Waals surface area contributed by atoms with Crippen LogP contribution in [0.2, 0.25) is 0 Å². The number of ether oxygens (including phenoxy) is 2. The number of hydrogen-bond donors (Lipinski definition) is 1. The molecule has 2 unspecified atom stereocenters. The Kier molecular flexibility index (Phi) is 5.22. The summed E-state index contributed by atoms with van der Waals surface area (Å²) in [6.45, 7) is 11.5. The van der Waals surface area contributed by atoms with Crippen molar-refractivity contribution in [2.75, 3.05) is 26.9 Å². The molecule has 2 atom stereocenters. The fraction of sp³-hybridized carbons (Fsp3) is 1.00. The molecule has 0 bridgehead atoms. The van der Waals surface area contributed by atoms with Gasteiger partial charge in [0.15, 0.2) is 0 Å². The average molecular weight is 229 g/mol. The van der Waals surface area contributed by atoms with Crippen LogP contribution in [0.25, 0.3) is 0 Å². The van der Waals surface area contributed by atoms with Crippen LogP contribution in [0.5, 0.6) is 0 Å². The minimum Gasteiger partial charge on any atom is -0.381 e. The van der Waals surface area contributed by atoms with E-state index in [9.17, 15) is 0 Å². The van der Waals surface area contributed by atoms with Crippen LogP contribution in [-0.2, 0) is 9.47 Å². The van der Waals surface area contributed by atoms with Crippen molar-refractivity contribution in [3.8, 4) is 0 Å². The van der Waals surface area contributed by atoms with E-state index in [1.165, 1.54) is 0 Å². The molecule has 1 N–H and O–H groups in total. The molecule has 1 aliphatic carbocycles. The highest BCUT2D eigenvalue weighted by Crippen LogP contribution is 2.42. The highest BCUT2D eigenvalue weighted by Gasteiger charge is 2.47. The first-order chi connectivity index (χ1) is 7.48. The van der Waals surface area contributed by atoms with Gasteiger partial charge in [0.05, 0.1) is 12.7 Å². The molecule has 3 heteroatoms. The maximum atomic E-state index is 5.54. The van der Waals surface area contributed by atoms with Crippen LogP contribution in [0.4, 0.5) is 0 Å². The standard InChI is InChI=1S/C13H27NO2/c1-10(2)9-16-7-6-14-11-8-12(15-5)13(11,3)4/h10-12,14H,6-9H2,1-5H3. The van der Waals surface area contributed by atoms with Crippen molar-refractivity contribution in [3.05, 3.63) is 0 Å². The Hall–Kier alpha value is -0.120. The molecule has 3 nitrogen and oxygen atoms in total. The van der Waals surface area contributed by atoms with Gasteiger partial charge in [-0.3, -0.25) is 0 Å². The summed E-state index contributed by atoms with van der Waals surface area (Å²) in [5, 5.41) is 3.54. The third-order valence-electron chi connectivity index (χ3n) is 3.55. The number of rotatable bonds is 7. The molecule has 96 valence electrons. The Morgan fingerprint density at radius 3 is 2.56 bits per heavy atom. The molecule has 0 aliphatic heterocycles. The van der Waals surface area contributed by atoms with E-state index in [0.717, 1.165) is 26.2 Å². The van der Waals surface area contributed by atoms with Gasteiger partial charge in [-0.15, -0.1) is 0 Å². The lowest BCUT2D eigenvalue weighted by atomic mass is 9.64. The first kappa shape index (κ1) is 13.9. The molecule has 0 amide bonds. The number of nitrogens with one attached hydrogen (secondary N) is 1. The molecular formula is C13H27NO2. The van der Waals surface area contributed by atoms with Gasteiger partial charge in [0.2, 0.25) is 0 Å². The normalized spacial score (nSPS) is 28.1. The van der Waals surface area contributed by atoms with Gasteiger partial charge in [0, 0.05) is 31.7 Å². The number of methoxy groups -OCH3 is 1. The summed E-state index contributed by atoms with van der Waals surface area (Å²) in [7, 11) is 1.80. The fourth-order valence-electron chi connectivity index (χ4n) is 2.26. The van der Waals surface area contributed by atoms with Crippen LogP contribution in [0.3, 0.4) is 0 Å². The van der Waals surface area contributed by atoms with Gasteiger partial charge >= 0.3 is 0 Å². The van der Waals surface area contributed by atoms with Crippen molar-refractivity contribution in [1.29, 1.82) is 0 Å². The average Bonchev–Trinajstić information content (AvgIpc) is 2.20. The monoisotopic (exact) mass is 229 g/mol. The molecule has 1 saturated carbocycles. The Labute approximate surface area is 99.9 Å². The zero-order chi connectivity index (χ0) is 12.2. The maximum absolute atomic E-state index is 5.54. The van der Waals surface area contributed by atoms with E-state index >= 15 is 0 Å². The lowest BCUT2D eigenvalue weighted by molar-refractivity contribution is -0.0984. The smallest absolute Gasteiger partial charge is 0.0652 e. The molecule has 0 saturated heterocycles. The second kappa shape index (κ2) is 5.99. The maximum Gasteiger partial charge on any atom is 0.0652 e. The summed E-state index contributed by atoms with van der Waals surface area (Å²) in [6, 6.07) is 0.570. The summed E-state index contributed by atoms with van der Waals surface area (Å²) >= 11 is 0. The van der Waals surface area contributed by atoms with Crippen LogP contribution < -0.4 is 5.32 Å². The topological polar surface area (TPSA) is 30.5 Å². The quantitative estimate of drug-likeness (QED) is 0.678. The SMILES string of the molecule is COC1CC(NCCOCC(C)C)C1(C)C. The summed E-state index contributed by atoms with van der Waals surface area (Å²) in [5.41, 5.74) is 0.257. The van der Waals surface area contributed by atoms with Crippen molar-refractivity contribution in [2.24, 2.45) is 11.3 Å².